The summed E-state index contributed by atoms with van der Waals surface area (Å²) in [5.41, 5.74) is -0.285. The van der Waals surface area contributed by atoms with E-state index in [1.54, 1.807) is 0 Å². The fourth-order valence-electron chi connectivity index (χ4n) is 2.73. The van der Waals surface area contributed by atoms with Crippen molar-refractivity contribution >= 4 is 5.91 Å². The Balaban J connectivity index is 2.34. The molecule has 0 aromatic rings. The van der Waals surface area contributed by atoms with Crippen LogP contribution >= 0.6 is 0 Å². The van der Waals surface area contributed by atoms with E-state index in [0.717, 1.165) is 38.1 Å². The third kappa shape index (κ3) is 4.27. The molecule has 2 atom stereocenters. The van der Waals surface area contributed by atoms with Gasteiger partial charge in [-0.25, -0.2) is 0 Å². The Kier molecular flexibility index (Phi) is 6.13. The molecule has 2 unspecified atom stereocenters. The van der Waals surface area contributed by atoms with Crippen LogP contribution in [0.2, 0.25) is 0 Å². The van der Waals surface area contributed by atoms with E-state index >= 15 is 0 Å². The summed E-state index contributed by atoms with van der Waals surface area (Å²) in [7, 11) is 0. The Bertz CT molecular complexity index is 257. The molecule has 1 saturated heterocycles. The fourth-order valence-corrected chi connectivity index (χ4v) is 2.73. The molecule has 0 spiro atoms. The number of carbonyl (C=O) groups is 1. The van der Waals surface area contributed by atoms with Crippen molar-refractivity contribution in [2.45, 2.75) is 77.8 Å². The molecule has 1 amide bonds. The Morgan fingerprint density at radius 3 is 2.56 bits per heavy atom. The summed E-state index contributed by atoms with van der Waals surface area (Å²) in [4.78, 5) is 12.3. The molecule has 0 aromatic heterocycles. The predicted molar refractivity (Wildman–Crippen MR) is 76.6 cm³/mol. The van der Waals surface area contributed by atoms with E-state index in [0.29, 0.717) is 6.04 Å². The van der Waals surface area contributed by atoms with E-state index < -0.39 is 0 Å². The molecule has 0 aliphatic carbocycles. The Labute approximate surface area is 112 Å². The van der Waals surface area contributed by atoms with Crippen LogP contribution in [0.5, 0.6) is 0 Å². The number of hydrogen-bond acceptors (Lipinski definition) is 2. The number of amides is 1. The SMILES string of the molecule is CCC1(C(=O)NC(C)CCCC(C)C)CCCN1. The Morgan fingerprint density at radius 2 is 2.06 bits per heavy atom. The zero-order chi connectivity index (χ0) is 13.6. The van der Waals surface area contributed by atoms with Gasteiger partial charge < -0.3 is 10.6 Å². The van der Waals surface area contributed by atoms with E-state index in [1.165, 1.54) is 12.8 Å². The van der Waals surface area contributed by atoms with Crippen molar-refractivity contribution in [3.05, 3.63) is 0 Å². The second kappa shape index (κ2) is 7.13. The zero-order valence-corrected chi connectivity index (χ0v) is 12.5. The number of hydrogen-bond donors (Lipinski definition) is 2. The Hall–Kier alpha value is -0.570. The van der Waals surface area contributed by atoms with Crippen LogP contribution in [0.1, 0.15) is 66.2 Å². The van der Waals surface area contributed by atoms with Crippen LogP contribution in [0.15, 0.2) is 0 Å². The number of nitrogens with one attached hydrogen (secondary N) is 2. The van der Waals surface area contributed by atoms with Crippen LogP contribution in [0.3, 0.4) is 0 Å². The lowest BCUT2D eigenvalue weighted by Crippen LogP contribution is -2.54. The highest BCUT2D eigenvalue weighted by atomic mass is 16.2. The highest BCUT2D eigenvalue weighted by molar-refractivity contribution is 5.86. The number of rotatable bonds is 7. The van der Waals surface area contributed by atoms with Crippen molar-refractivity contribution in [3.63, 3.8) is 0 Å². The summed E-state index contributed by atoms with van der Waals surface area (Å²) in [5, 5.41) is 6.57. The highest BCUT2D eigenvalue weighted by Gasteiger charge is 2.39. The van der Waals surface area contributed by atoms with Crippen LogP contribution in [-0.4, -0.2) is 24.0 Å². The molecule has 1 aliphatic rings. The van der Waals surface area contributed by atoms with Gasteiger partial charge in [0.1, 0.15) is 0 Å². The van der Waals surface area contributed by atoms with Gasteiger partial charge in [0.15, 0.2) is 0 Å². The zero-order valence-electron chi connectivity index (χ0n) is 12.5. The van der Waals surface area contributed by atoms with Gasteiger partial charge in [0, 0.05) is 6.04 Å². The summed E-state index contributed by atoms with van der Waals surface area (Å²) in [5.74, 6) is 0.964. The summed E-state index contributed by atoms with van der Waals surface area (Å²) < 4.78 is 0. The van der Waals surface area contributed by atoms with Gasteiger partial charge in [0.05, 0.1) is 5.54 Å². The molecule has 18 heavy (non-hydrogen) atoms. The average Bonchev–Trinajstić information content (AvgIpc) is 2.78. The maximum absolute atomic E-state index is 12.3. The third-order valence-electron chi connectivity index (χ3n) is 4.08. The maximum atomic E-state index is 12.3. The molecule has 1 aliphatic heterocycles. The topological polar surface area (TPSA) is 41.1 Å². The van der Waals surface area contributed by atoms with E-state index in [2.05, 4.69) is 38.3 Å². The van der Waals surface area contributed by atoms with Crippen LogP contribution < -0.4 is 10.6 Å². The van der Waals surface area contributed by atoms with Gasteiger partial charge in [-0.15, -0.1) is 0 Å². The van der Waals surface area contributed by atoms with E-state index in [1.807, 2.05) is 0 Å². The van der Waals surface area contributed by atoms with Crippen molar-refractivity contribution in [1.29, 1.82) is 0 Å². The molecular weight excluding hydrogens is 224 g/mol. The first-order valence-corrected chi connectivity index (χ1v) is 7.56. The van der Waals surface area contributed by atoms with Gasteiger partial charge in [-0.1, -0.05) is 33.6 Å². The first-order valence-electron chi connectivity index (χ1n) is 7.56. The van der Waals surface area contributed by atoms with Crippen molar-refractivity contribution in [2.75, 3.05) is 6.54 Å². The normalized spacial score (nSPS) is 25.4. The summed E-state index contributed by atoms with van der Waals surface area (Å²) in [6.07, 6.45) is 6.52. The maximum Gasteiger partial charge on any atom is 0.240 e. The largest absolute Gasteiger partial charge is 0.352 e. The molecule has 1 heterocycles. The van der Waals surface area contributed by atoms with Crippen LogP contribution in [0.4, 0.5) is 0 Å². The van der Waals surface area contributed by atoms with Gasteiger partial charge >= 0.3 is 0 Å². The minimum Gasteiger partial charge on any atom is -0.352 e. The van der Waals surface area contributed by atoms with Crippen molar-refractivity contribution < 1.29 is 4.79 Å². The monoisotopic (exact) mass is 254 g/mol. The van der Waals surface area contributed by atoms with Crippen molar-refractivity contribution in [1.82, 2.24) is 10.6 Å². The van der Waals surface area contributed by atoms with Crippen molar-refractivity contribution in [3.8, 4) is 0 Å². The molecular formula is C15H30N2O. The minimum absolute atomic E-state index is 0.208. The van der Waals surface area contributed by atoms with Crippen LogP contribution in [0, 0.1) is 5.92 Å². The molecule has 0 bridgehead atoms. The van der Waals surface area contributed by atoms with Gasteiger partial charge in [0.25, 0.3) is 0 Å². The fraction of sp³-hybridized carbons (Fsp3) is 0.933. The van der Waals surface area contributed by atoms with Gasteiger partial charge in [0.2, 0.25) is 5.91 Å². The first-order chi connectivity index (χ1) is 8.50. The summed E-state index contributed by atoms with van der Waals surface area (Å²) in [6.45, 7) is 9.69. The smallest absolute Gasteiger partial charge is 0.240 e. The lowest BCUT2D eigenvalue weighted by atomic mass is 9.92. The lowest BCUT2D eigenvalue weighted by molar-refractivity contribution is -0.128. The number of carbonyl (C=O) groups excluding carboxylic acids is 1. The molecule has 106 valence electrons. The predicted octanol–water partition coefficient (Wildman–Crippen LogP) is 2.85. The Morgan fingerprint density at radius 1 is 1.33 bits per heavy atom. The lowest BCUT2D eigenvalue weighted by Gasteiger charge is -2.28. The molecule has 2 N–H and O–H groups in total. The molecule has 0 saturated carbocycles. The highest BCUT2D eigenvalue weighted by Crippen LogP contribution is 2.23. The second-order valence-electron chi connectivity index (χ2n) is 6.17. The second-order valence-corrected chi connectivity index (χ2v) is 6.17. The van der Waals surface area contributed by atoms with Gasteiger partial charge in [-0.2, -0.15) is 0 Å². The molecule has 1 rings (SSSR count). The summed E-state index contributed by atoms with van der Waals surface area (Å²) in [6, 6.07) is 0.294. The molecule has 3 heteroatoms. The average molecular weight is 254 g/mol. The van der Waals surface area contributed by atoms with E-state index in [-0.39, 0.29) is 11.4 Å². The molecule has 1 fully saturated rings. The van der Waals surface area contributed by atoms with Crippen molar-refractivity contribution in [2.24, 2.45) is 5.92 Å². The van der Waals surface area contributed by atoms with Crippen LogP contribution in [-0.2, 0) is 4.79 Å². The van der Waals surface area contributed by atoms with E-state index in [4.69, 9.17) is 0 Å². The van der Waals surface area contributed by atoms with E-state index in [9.17, 15) is 4.79 Å². The third-order valence-corrected chi connectivity index (χ3v) is 4.08. The standard InChI is InChI=1S/C15H30N2O/c1-5-15(10-7-11-16-15)14(18)17-13(4)9-6-8-12(2)3/h12-13,16H,5-11H2,1-4H3,(H,17,18). The quantitative estimate of drug-likeness (QED) is 0.733. The molecule has 3 nitrogen and oxygen atoms in total. The van der Waals surface area contributed by atoms with Gasteiger partial charge in [-0.05, 0) is 45.1 Å². The molecule has 0 radical (unpaired) electrons. The first kappa shape index (κ1) is 15.5. The van der Waals surface area contributed by atoms with Crippen LogP contribution in [0.25, 0.3) is 0 Å². The summed E-state index contributed by atoms with van der Waals surface area (Å²) >= 11 is 0. The van der Waals surface area contributed by atoms with Gasteiger partial charge in [-0.3, -0.25) is 4.79 Å². The minimum atomic E-state index is -0.285. The molecule has 0 aromatic carbocycles.